The first-order chi connectivity index (χ1) is 15.8. The first-order valence-electron chi connectivity index (χ1n) is 9.72. The van der Waals surface area contributed by atoms with Gasteiger partial charge in [-0.3, -0.25) is 19.4 Å². The molecule has 3 aromatic rings. The van der Waals surface area contributed by atoms with Crippen LogP contribution in [0.25, 0.3) is 11.2 Å². The molecule has 0 aliphatic heterocycles. The summed E-state index contributed by atoms with van der Waals surface area (Å²) in [5, 5.41) is 14.7. The Labute approximate surface area is 222 Å². The second-order valence-electron chi connectivity index (χ2n) is 6.89. The van der Waals surface area contributed by atoms with Crippen LogP contribution in [0.2, 0.25) is 0 Å². The van der Waals surface area contributed by atoms with Gasteiger partial charge in [-0.25, -0.2) is 14.8 Å². The first kappa shape index (κ1) is 27.0. The fourth-order valence-corrected chi connectivity index (χ4v) is 2.85. The molecule has 1 unspecified atom stereocenters. The molecular formula is C20H23CaN7O6. The monoisotopic (exact) mass is 497 g/mol. The molecule has 176 valence electrons. The van der Waals surface area contributed by atoms with Gasteiger partial charge in [0.25, 0.3) is 11.5 Å². The topological polar surface area (TPSA) is 202 Å². The number of carboxylic acid groups (broad SMARTS) is 1. The molecule has 0 aliphatic rings. The zero-order valence-corrected chi connectivity index (χ0v) is 17.5. The Bertz CT molecular complexity index is 1250. The number of nitrogens with one attached hydrogen (secondary N) is 3. The van der Waals surface area contributed by atoms with Gasteiger partial charge in [0.05, 0.1) is 25.5 Å². The van der Waals surface area contributed by atoms with Gasteiger partial charge in [-0.05, 0) is 30.7 Å². The van der Waals surface area contributed by atoms with Crippen molar-refractivity contribution in [3.63, 3.8) is 0 Å². The van der Waals surface area contributed by atoms with Crippen molar-refractivity contribution >= 4 is 78.4 Å². The van der Waals surface area contributed by atoms with Gasteiger partial charge in [-0.2, -0.15) is 4.98 Å². The third-order valence-corrected chi connectivity index (χ3v) is 4.58. The van der Waals surface area contributed by atoms with E-state index in [1.54, 1.807) is 12.1 Å². The molecule has 2 aromatic heterocycles. The standard InChI is InChI=1S/C20H21N7O6.Ca.2H/c1-33-14(28)7-6-13(19(31)32)25-17(29)10-2-4-11(5-3-10)22-8-12-9-23-16-15(24-12)18(30)27-20(21)26-16;;;/h2-5,9,13,22H,6-8H2,1H3,(H,25,29)(H,31,32)(H3,21,23,26,27,30);;;. The number of H-pyrrole nitrogens is 1. The van der Waals surface area contributed by atoms with Crippen LogP contribution in [0, 0.1) is 0 Å². The van der Waals surface area contributed by atoms with E-state index >= 15 is 0 Å². The zero-order chi connectivity index (χ0) is 24.0. The molecule has 2 heterocycles. The Morgan fingerprint density at radius 2 is 1.91 bits per heavy atom. The number of hydrogen-bond acceptors (Lipinski definition) is 10. The van der Waals surface area contributed by atoms with Crippen molar-refractivity contribution in [3.05, 3.63) is 52.1 Å². The number of ether oxygens (including phenoxy) is 1. The van der Waals surface area contributed by atoms with E-state index in [0.717, 1.165) is 0 Å². The normalized spacial score (nSPS) is 11.2. The van der Waals surface area contributed by atoms with Gasteiger partial charge in [-0.15, -0.1) is 0 Å². The number of methoxy groups -OCH3 is 1. The first-order valence-corrected chi connectivity index (χ1v) is 9.72. The van der Waals surface area contributed by atoms with E-state index < -0.39 is 29.4 Å². The molecule has 0 radical (unpaired) electrons. The maximum atomic E-state index is 12.4. The molecule has 3 rings (SSSR count). The SMILES string of the molecule is COC(=O)CCC(NC(=O)c1ccc(NCc2cnc3nc(N)[nH]c(=O)c3n2)cc1)C(=O)O.[CaH2]. The van der Waals surface area contributed by atoms with Crippen LogP contribution in [-0.2, 0) is 20.9 Å². The third-order valence-electron chi connectivity index (χ3n) is 4.58. The van der Waals surface area contributed by atoms with E-state index in [-0.39, 0.29) is 79.8 Å². The molecule has 1 aromatic carbocycles. The van der Waals surface area contributed by atoms with Crippen molar-refractivity contribution in [3.8, 4) is 0 Å². The van der Waals surface area contributed by atoms with Crippen molar-refractivity contribution in [2.75, 3.05) is 18.2 Å². The van der Waals surface area contributed by atoms with Gasteiger partial charge in [0.15, 0.2) is 11.2 Å². The molecule has 1 atom stereocenters. The molecule has 34 heavy (non-hydrogen) atoms. The summed E-state index contributed by atoms with van der Waals surface area (Å²) in [5.41, 5.74) is 6.57. The van der Waals surface area contributed by atoms with E-state index in [1.807, 2.05) is 0 Å². The van der Waals surface area contributed by atoms with Gasteiger partial charge in [0.2, 0.25) is 5.95 Å². The molecule has 1 amide bonds. The quantitative estimate of drug-likeness (QED) is 0.182. The zero-order valence-electron chi connectivity index (χ0n) is 17.5. The van der Waals surface area contributed by atoms with Gasteiger partial charge in [-0.1, -0.05) is 0 Å². The number of nitrogens with zero attached hydrogens (tertiary/aromatic N) is 3. The number of esters is 1. The van der Waals surface area contributed by atoms with Gasteiger partial charge >= 0.3 is 49.7 Å². The minimum atomic E-state index is -1.25. The summed E-state index contributed by atoms with van der Waals surface area (Å²) in [7, 11) is 1.20. The molecule has 0 saturated heterocycles. The number of aliphatic carboxylic acids is 1. The number of aromatic nitrogens is 4. The molecule has 0 fully saturated rings. The summed E-state index contributed by atoms with van der Waals surface area (Å²) in [6.45, 7) is 0.243. The molecule has 6 N–H and O–H groups in total. The van der Waals surface area contributed by atoms with E-state index in [2.05, 4.69) is 35.3 Å². The van der Waals surface area contributed by atoms with Crippen molar-refractivity contribution in [2.24, 2.45) is 0 Å². The number of fused-ring (bicyclic) bond motifs is 1. The Balaban J connectivity index is 0.00000408. The van der Waals surface area contributed by atoms with Crippen LogP contribution in [0.3, 0.4) is 0 Å². The molecule has 13 nitrogen and oxygen atoms in total. The van der Waals surface area contributed by atoms with Crippen LogP contribution in [0.4, 0.5) is 11.6 Å². The summed E-state index contributed by atoms with van der Waals surface area (Å²) in [6, 6.07) is 5.06. The summed E-state index contributed by atoms with van der Waals surface area (Å²) in [6.07, 6.45) is 1.23. The summed E-state index contributed by atoms with van der Waals surface area (Å²) >= 11 is 0. The molecule has 0 saturated carbocycles. The Hall–Kier alpha value is -3.29. The van der Waals surface area contributed by atoms with Crippen LogP contribution >= 0.6 is 0 Å². The molecule has 0 aliphatic carbocycles. The summed E-state index contributed by atoms with van der Waals surface area (Å²) < 4.78 is 4.48. The summed E-state index contributed by atoms with van der Waals surface area (Å²) in [4.78, 5) is 61.4. The van der Waals surface area contributed by atoms with Crippen molar-refractivity contribution in [1.82, 2.24) is 25.3 Å². The molecule has 0 spiro atoms. The number of carbonyl (C=O) groups is 3. The Kier molecular flexibility index (Phi) is 9.71. The molecule has 0 bridgehead atoms. The van der Waals surface area contributed by atoms with Crippen LogP contribution in [0.15, 0.2) is 35.3 Å². The van der Waals surface area contributed by atoms with E-state index in [1.165, 1.54) is 25.4 Å². The maximum absolute atomic E-state index is 12.4. The summed E-state index contributed by atoms with van der Waals surface area (Å²) in [5.74, 6) is -2.45. The predicted molar refractivity (Wildman–Crippen MR) is 125 cm³/mol. The second kappa shape index (κ2) is 12.3. The minimum absolute atomic E-state index is 0. The van der Waals surface area contributed by atoms with Crippen LogP contribution in [-0.4, -0.2) is 93.8 Å². The predicted octanol–water partition coefficient (Wildman–Crippen LogP) is -0.873. The molecular weight excluding hydrogens is 474 g/mol. The second-order valence-corrected chi connectivity index (χ2v) is 6.89. The fourth-order valence-electron chi connectivity index (χ4n) is 2.85. The van der Waals surface area contributed by atoms with Gasteiger partial charge in [0, 0.05) is 17.7 Å². The van der Waals surface area contributed by atoms with Crippen LogP contribution < -0.4 is 21.9 Å². The fraction of sp³-hybridized carbons (Fsp3) is 0.250. The number of rotatable bonds is 9. The van der Waals surface area contributed by atoms with Crippen LogP contribution in [0.1, 0.15) is 28.9 Å². The number of anilines is 2. The number of amides is 1. The number of benzene rings is 1. The average Bonchev–Trinajstić information content (AvgIpc) is 2.80. The number of carbonyl (C=O) groups excluding carboxylic acids is 2. The van der Waals surface area contributed by atoms with Crippen molar-refractivity contribution in [2.45, 2.75) is 25.4 Å². The van der Waals surface area contributed by atoms with E-state index in [4.69, 9.17) is 5.73 Å². The number of carboxylic acids is 1. The number of nitrogen functional groups attached to an aromatic ring is 1. The van der Waals surface area contributed by atoms with Crippen molar-refractivity contribution in [1.29, 1.82) is 0 Å². The van der Waals surface area contributed by atoms with E-state index in [9.17, 15) is 24.3 Å². The van der Waals surface area contributed by atoms with Gasteiger partial charge in [0.1, 0.15) is 6.04 Å². The average molecular weight is 498 g/mol. The van der Waals surface area contributed by atoms with Crippen LogP contribution in [0.5, 0.6) is 0 Å². The number of hydrogen-bond donors (Lipinski definition) is 5. The number of aromatic amines is 1. The van der Waals surface area contributed by atoms with Gasteiger partial charge < -0.3 is 26.2 Å². The molecule has 14 heteroatoms. The third kappa shape index (κ3) is 7.10. The van der Waals surface area contributed by atoms with Crippen molar-refractivity contribution < 1.29 is 24.2 Å². The Morgan fingerprint density at radius 3 is 2.56 bits per heavy atom. The Morgan fingerprint density at radius 1 is 1.21 bits per heavy atom. The van der Waals surface area contributed by atoms with E-state index in [0.29, 0.717) is 11.4 Å². The number of nitrogens with two attached hydrogens (primary N) is 1.